The molecule has 102 valence electrons. The van der Waals surface area contributed by atoms with E-state index in [1.807, 2.05) is 18.2 Å². The minimum atomic E-state index is 0.150. The van der Waals surface area contributed by atoms with Crippen LogP contribution in [-0.2, 0) is 4.74 Å². The summed E-state index contributed by atoms with van der Waals surface area (Å²) in [7, 11) is 4.73. The van der Waals surface area contributed by atoms with Crippen molar-refractivity contribution < 1.29 is 18.9 Å². The van der Waals surface area contributed by atoms with Gasteiger partial charge in [-0.3, -0.25) is 0 Å². The van der Waals surface area contributed by atoms with Gasteiger partial charge in [0.25, 0.3) is 0 Å². The average molecular weight is 283 g/mol. The topological polar surface area (TPSA) is 36.9 Å². The highest BCUT2D eigenvalue weighted by Crippen LogP contribution is 2.43. The van der Waals surface area contributed by atoms with Crippen LogP contribution in [0.4, 0.5) is 0 Å². The number of rotatable bonds is 5. The molecule has 0 spiro atoms. The highest BCUT2D eigenvalue weighted by molar-refractivity contribution is 6.33. The molecule has 0 aromatic heterocycles. The molecular formula is C14H15ClO4. The third kappa shape index (κ3) is 2.55. The maximum Gasteiger partial charge on any atom is 0.188 e. The van der Waals surface area contributed by atoms with Gasteiger partial charge in [-0.25, -0.2) is 0 Å². The Morgan fingerprint density at radius 1 is 1.05 bits per heavy atom. The van der Waals surface area contributed by atoms with Gasteiger partial charge in [0.15, 0.2) is 6.79 Å². The summed E-state index contributed by atoms with van der Waals surface area (Å²) in [5, 5.41) is 2.11. The van der Waals surface area contributed by atoms with E-state index in [2.05, 4.69) is 0 Å². The Bertz CT molecular complexity index is 583. The molecule has 0 aliphatic rings. The van der Waals surface area contributed by atoms with E-state index in [1.165, 1.54) is 0 Å². The van der Waals surface area contributed by atoms with E-state index in [-0.39, 0.29) is 6.79 Å². The first-order chi connectivity index (χ1) is 9.22. The molecule has 0 N–H and O–H groups in total. The van der Waals surface area contributed by atoms with Crippen molar-refractivity contribution in [2.75, 3.05) is 28.1 Å². The van der Waals surface area contributed by atoms with Crippen molar-refractivity contribution in [2.45, 2.75) is 0 Å². The third-order valence-corrected chi connectivity index (χ3v) is 3.03. The van der Waals surface area contributed by atoms with Crippen LogP contribution in [0, 0.1) is 0 Å². The van der Waals surface area contributed by atoms with E-state index >= 15 is 0 Å². The number of methoxy groups -OCH3 is 3. The Hall–Kier alpha value is -1.65. The van der Waals surface area contributed by atoms with Crippen molar-refractivity contribution in [1.29, 1.82) is 0 Å². The van der Waals surface area contributed by atoms with E-state index in [4.69, 9.17) is 30.5 Å². The predicted octanol–water partition coefficient (Wildman–Crippen LogP) is 3.49. The number of halogens is 1. The second-order valence-corrected chi connectivity index (χ2v) is 4.23. The van der Waals surface area contributed by atoms with Crippen LogP contribution in [0.15, 0.2) is 24.3 Å². The first-order valence-electron chi connectivity index (χ1n) is 5.67. The first kappa shape index (κ1) is 13.8. The van der Waals surface area contributed by atoms with Crippen molar-refractivity contribution in [3.63, 3.8) is 0 Å². The maximum absolute atomic E-state index is 6.20. The van der Waals surface area contributed by atoms with Gasteiger partial charge >= 0.3 is 0 Å². The van der Waals surface area contributed by atoms with Crippen LogP contribution in [0.3, 0.4) is 0 Å². The molecule has 0 saturated carbocycles. The SMILES string of the molecule is COCOc1cccc2c(OC)cc(Cl)c(OC)c12. The molecule has 0 heterocycles. The normalized spacial score (nSPS) is 10.5. The maximum atomic E-state index is 6.20. The molecule has 2 aromatic carbocycles. The molecule has 0 saturated heterocycles. The first-order valence-corrected chi connectivity index (χ1v) is 6.05. The van der Waals surface area contributed by atoms with E-state index < -0.39 is 0 Å². The van der Waals surface area contributed by atoms with Gasteiger partial charge in [-0.2, -0.15) is 0 Å². The number of hydrogen-bond acceptors (Lipinski definition) is 4. The third-order valence-electron chi connectivity index (χ3n) is 2.75. The molecule has 0 radical (unpaired) electrons. The zero-order chi connectivity index (χ0) is 13.8. The molecule has 0 aliphatic carbocycles. The van der Waals surface area contributed by atoms with E-state index in [9.17, 15) is 0 Å². The van der Waals surface area contributed by atoms with Crippen LogP contribution in [0.1, 0.15) is 0 Å². The zero-order valence-electron chi connectivity index (χ0n) is 11.0. The molecule has 0 atom stereocenters. The molecule has 2 rings (SSSR count). The van der Waals surface area contributed by atoms with Crippen LogP contribution in [-0.4, -0.2) is 28.1 Å². The fourth-order valence-electron chi connectivity index (χ4n) is 1.96. The van der Waals surface area contributed by atoms with Crippen LogP contribution >= 0.6 is 11.6 Å². The Morgan fingerprint density at radius 3 is 2.47 bits per heavy atom. The van der Waals surface area contributed by atoms with E-state index in [1.54, 1.807) is 27.4 Å². The Balaban J connectivity index is 2.73. The highest BCUT2D eigenvalue weighted by Gasteiger charge is 2.16. The van der Waals surface area contributed by atoms with Crippen molar-refractivity contribution in [3.05, 3.63) is 29.3 Å². The summed E-state index contributed by atoms with van der Waals surface area (Å²) in [6, 6.07) is 7.36. The minimum absolute atomic E-state index is 0.150. The number of fused-ring (bicyclic) bond motifs is 1. The summed E-state index contributed by atoms with van der Waals surface area (Å²) in [4.78, 5) is 0. The van der Waals surface area contributed by atoms with Gasteiger partial charge in [-0.15, -0.1) is 0 Å². The molecule has 0 amide bonds. The van der Waals surface area contributed by atoms with Crippen molar-refractivity contribution in [3.8, 4) is 17.2 Å². The molecular weight excluding hydrogens is 268 g/mol. The molecule has 19 heavy (non-hydrogen) atoms. The lowest BCUT2D eigenvalue weighted by atomic mass is 10.1. The monoisotopic (exact) mass is 282 g/mol. The Labute approximate surface area is 116 Å². The van der Waals surface area contributed by atoms with Crippen molar-refractivity contribution in [2.24, 2.45) is 0 Å². The van der Waals surface area contributed by atoms with Gasteiger partial charge in [0.1, 0.15) is 17.2 Å². The Kier molecular flexibility index (Phi) is 4.35. The molecule has 5 heteroatoms. The summed E-state index contributed by atoms with van der Waals surface area (Å²) in [5.41, 5.74) is 0. The summed E-state index contributed by atoms with van der Waals surface area (Å²) >= 11 is 6.20. The Morgan fingerprint density at radius 2 is 1.84 bits per heavy atom. The minimum Gasteiger partial charge on any atom is -0.496 e. The number of hydrogen-bond donors (Lipinski definition) is 0. The summed E-state index contributed by atoms with van der Waals surface area (Å²) in [6.07, 6.45) is 0. The smallest absolute Gasteiger partial charge is 0.188 e. The average Bonchev–Trinajstić information content (AvgIpc) is 2.44. The fraction of sp³-hybridized carbons (Fsp3) is 0.286. The summed E-state index contributed by atoms with van der Waals surface area (Å²) in [5.74, 6) is 1.87. The zero-order valence-corrected chi connectivity index (χ0v) is 11.8. The van der Waals surface area contributed by atoms with Gasteiger partial charge in [-0.05, 0) is 6.07 Å². The summed E-state index contributed by atoms with van der Waals surface area (Å²) < 4.78 is 21.2. The standard InChI is InChI=1S/C14H15ClO4/c1-16-8-19-11-6-4-5-9-12(17-2)7-10(15)14(18-3)13(9)11/h4-7H,8H2,1-3H3. The van der Waals surface area contributed by atoms with E-state index in [0.717, 1.165) is 10.8 Å². The lowest BCUT2D eigenvalue weighted by Gasteiger charge is -2.15. The lowest BCUT2D eigenvalue weighted by molar-refractivity contribution is 0.0521. The van der Waals surface area contributed by atoms with Crippen LogP contribution < -0.4 is 14.2 Å². The second kappa shape index (κ2) is 5.99. The molecule has 2 aromatic rings. The molecule has 0 fully saturated rings. The van der Waals surface area contributed by atoms with Gasteiger partial charge in [0.05, 0.1) is 24.6 Å². The predicted molar refractivity (Wildman–Crippen MR) is 74.6 cm³/mol. The van der Waals surface area contributed by atoms with Crippen LogP contribution in [0.25, 0.3) is 10.8 Å². The molecule has 0 aliphatic heterocycles. The van der Waals surface area contributed by atoms with Gasteiger partial charge in [-0.1, -0.05) is 23.7 Å². The van der Waals surface area contributed by atoms with Crippen molar-refractivity contribution in [1.82, 2.24) is 0 Å². The lowest BCUT2D eigenvalue weighted by Crippen LogP contribution is -2.00. The number of benzene rings is 2. The van der Waals surface area contributed by atoms with Gasteiger partial charge in [0, 0.05) is 18.6 Å². The largest absolute Gasteiger partial charge is 0.496 e. The fourth-order valence-corrected chi connectivity index (χ4v) is 2.23. The van der Waals surface area contributed by atoms with Crippen LogP contribution in [0.5, 0.6) is 17.2 Å². The van der Waals surface area contributed by atoms with Gasteiger partial charge in [0.2, 0.25) is 0 Å². The summed E-state index contributed by atoms with van der Waals surface area (Å²) in [6.45, 7) is 0.150. The van der Waals surface area contributed by atoms with Crippen LogP contribution in [0.2, 0.25) is 5.02 Å². The van der Waals surface area contributed by atoms with Gasteiger partial charge < -0.3 is 18.9 Å². The van der Waals surface area contributed by atoms with Crippen molar-refractivity contribution >= 4 is 22.4 Å². The number of ether oxygens (including phenoxy) is 4. The highest BCUT2D eigenvalue weighted by atomic mass is 35.5. The quantitative estimate of drug-likeness (QED) is 0.787. The van der Waals surface area contributed by atoms with E-state index in [0.29, 0.717) is 22.3 Å². The second-order valence-electron chi connectivity index (χ2n) is 3.82. The molecule has 0 bridgehead atoms. The molecule has 4 nitrogen and oxygen atoms in total. The molecule has 0 unspecified atom stereocenters.